The summed E-state index contributed by atoms with van der Waals surface area (Å²) in [5.41, 5.74) is 6.49. The first kappa shape index (κ1) is 13.9. The van der Waals surface area contributed by atoms with Crippen LogP contribution in [-0.2, 0) is 0 Å². The molecule has 7 nitrogen and oxygen atoms in total. The molecule has 2 rings (SSSR count). The molecule has 0 atom stereocenters. The van der Waals surface area contributed by atoms with Crippen molar-refractivity contribution in [3.05, 3.63) is 36.2 Å². The van der Waals surface area contributed by atoms with Gasteiger partial charge in [-0.3, -0.25) is 9.89 Å². The lowest BCUT2D eigenvalue weighted by molar-refractivity contribution is 0.0943. The molecule has 1 aromatic heterocycles. The van der Waals surface area contributed by atoms with Crippen LogP contribution in [0.25, 0.3) is 0 Å². The van der Waals surface area contributed by atoms with Gasteiger partial charge in [-0.2, -0.15) is 4.98 Å². The molecule has 106 valence electrons. The number of benzene rings is 1. The van der Waals surface area contributed by atoms with Gasteiger partial charge in [0.1, 0.15) is 0 Å². The summed E-state index contributed by atoms with van der Waals surface area (Å²) in [7, 11) is 2.02. The molecule has 2 aromatic rings. The van der Waals surface area contributed by atoms with Crippen LogP contribution in [0.1, 0.15) is 17.0 Å². The lowest BCUT2D eigenvalue weighted by atomic mass is 10.3. The van der Waals surface area contributed by atoms with E-state index in [0.717, 1.165) is 18.7 Å². The molecule has 0 aliphatic heterocycles. The van der Waals surface area contributed by atoms with Gasteiger partial charge < -0.3 is 16.0 Å². The fourth-order valence-corrected chi connectivity index (χ4v) is 1.79. The van der Waals surface area contributed by atoms with Crippen LogP contribution in [0.3, 0.4) is 0 Å². The van der Waals surface area contributed by atoms with Crippen molar-refractivity contribution in [2.45, 2.75) is 6.42 Å². The summed E-state index contributed by atoms with van der Waals surface area (Å²) >= 11 is 0. The Kier molecular flexibility index (Phi) is 4.54. The summed E-state index contributed by atoms with van der Waals surface area (Å²) in [6.07, 6.45) is 0.834. The van der Waals surface area contributed by atoms with Crippen molar-refractivity contribution < 1.29 is 4.79 Å². The van der Waals surface area contributed by atoms with Gasteiger partial charge in [-0.25, -0.2) is 0 Å². The molecule has 1 aromatic carbocycles. The Morgan fingerprint density at radius 1 is 1.40 bits per heavy atom. The second-order valence-corrected chi connectivity index (χ2v) is 4.41. The highest BCUT2D eigenvalue weighted by Crippen LogP contribution is 2.10. The molecule has 1 heterocycles. The third-order valence-corrected chi connectivity index (χ3v) is 2.87. The van der Waals surface area contributed by atoms with Crippen LogP contribution in [-0.4, -0.2) is 41.2 Å². The predicted molar refractivity (Wildman–Crippen MR) is 77.5 cm³/mol. The van der Waals surface area contributed by atoms with E-state index in [4.69, 9.17) is 5.73 Å². The van der Waals surface area contributed by atoms with Crippen molar-refractivity contribution in [2.24, 2.45) is 0 Å². The Balaban J connectivity index is 1.70. The van der Waals surface area contributed by atoms with Crippen molar-refractivity contribution in [1.82, 2.24) is 20.5 Å². The SMILES string of the molecule is CN(CCCNC(=O)c1nc(N)n[nH]1)c1ccccc1. The smallest absolute Gasteiger partial charge is 0.288 e. The van der Waals surface area contributed by atoms with E-state index in [2.05, 4.69) is 37.5 Å². The standard InChI is InChI=1S/C13H18N6O/c1-19(10-6-3-2-4-7-10)9-5-8-15-12(20)11-16-13(14)18-17-11/h2-4,6-7H,5,8-9H2,1H3,(H,15,20)(H3,14,16,17,18). The van der Waals surface area contributed by atoms with Gasteiger partial charge in [0, 0.05) is 25.8 Å². The van der Waals surface area contributed by atoms with Gasteiger partial charge in [-0.1, -0.05) is 18.2 Å². The summed E-state index contributed by atoms with van der Waals surface area (Å²) in [5.74, 6) is -0.0885. The van der Waals surface area contributed by atoms with Crippen LogP contribution in [0.2, 0.25) is 0 Å². The molecule has 0 saturated carbocycles. The Morgan fingerprint density at radius 3 is 2.80 bits per heavy atom. The number of H-pyrrole nitrogens is 1. The molecule has 0 aliphatic rings. The van der Waals surface area contributed by atoms with E-state index in [1.54, 1.807) is 0 Å². The Hall–Kier alpha value is -2.57. The summed E-state index contributed by atoms with van der Waals surface area (Å²) < 4.78 is 0. The Labute approximate surface area is 117 Å². The number of aromatic amines is 1. The zero-order valence-electron chi connectivity index (χ0n) is 11.3. The third-order valence-electron chi connectivity index (χ3n) is 2.87. The van der Waals surface area contributed by atoms with E-state index >= 15 is 0 Å². The van der Waals surface area contributed by atoms with Crippen LogP contribution in [0, 0.1) is 0 Å². The highest BCUT2D eigenvalue weighted by atomic mass is 16.2. The normalized spacial score (nSPS) is 10.2. The maximum atomic E-state index is 11.7. The molecule has 0 bridgehead atoms. The maximum Gasteiger partial charge on any atom is 0.288 e. The monoisotopic (exact) mass is 274 g/mol. The molecule has 0 saturated heterocycles. The zero-order valence-corrected chi connectivity index (χ0v) is 11.3. The largest absolute Gasteiger partial charge is 0.375 e. The Morgan fingerprint density at radius 2 is 2.15 bits per heavy atom. The molecule has 1 amide bonds. The van der Waals surface area contributed by atoms with Crippen molar-refractivity contribution in [3.63, 3.8) is 0 Å². The molecule has 0 unspecified atom stereocenters. The molecular formula is C13H18N6O. The second kappa shape index (κ2) is 6.55. The predicted octanol–water partition coefficient (Wildman–Crippen LogP) is 0.643. The topological polar surface area (TPSA) is 99.9 Å². The number of amides is 1. The first-order valence-electron chi connectivity index (χ1n) is 6.39. The van der Waals surface area contributed by atoms with E-state index in [1.807, 2.05) is 25.2 Å². The first-order chi connectivity index (χ1) is 9.66. The summed E-state index contributed by atoms with van der Waals surface area (Å²) in [6.45, 7) is 1.42. The number of carbonyl (C=O) groups is 1. The number of aromatic nitrogens is 3. The minimum atomic E-state index is -0.295. The van der Waals surface area contributed by atoms with Crippen molar-refractivity contribution in [1.29, 1.82) is 0 Å². The number of nitrogens with zero attached hydrogens (tertiary/aromatic N) is 3. The average molecular weight is 274 g/mol. The number of hydrogen-bond acceptors (Lipinski definition) is 5. The number of nitrogen functional groups attached to an aromatic ring is 1. The van der Waals surface area contributed by atoms with E-state index in [1.165, 1.54) is 0 Å². The maximum absolute atomic E-state index is 11.7. The minimum Gasteiger partial charge on any atom is -0.375 e. The van der Waals surface area contributed by atoms with Crippen LogP contribution in [0.4, 0.5) is 11.6 Å². The molecule has 20 heavy (non-hydrogen) atoms. The van der Waals surface area contributed by atoms with Gasteiger partial charge in [0.05, 0.1) is 0 Å². The molecule has 7 heteroatoms. The quantitative estimate of drug-likeness (QED) is 0.671. The number of anilines is 2. The lowest BCUT2D eigenvalue weighted by Gasteiger charge is -2.19. The molecular weight excluding hydrogens is 256 g/mol. The van der Waals surface area contributed by atoms with E-state index in [-0.39, 0.29) is 17.7 Å². The molecule has 0 spiro atoms. The molecule has 0 radical (unpaired) electrons. The Bertz CT molecular complexity index is 553. The fourth-order valence-electron chi connectivity index (χ4n) is 1.79. The van der Waals surface area contributed by atoms with Crippen molar-refractivity contribution in [2.75, 3.05) is 30.8 Å². The van der Waals surface area contributed by atoms with Crippen LogP contribution in [0.5, 0.6) is 0 Å². The van der Waals surface area contributed by atoms with Crippen LogP contribution in [0.15, 0.2) is 30.3 Å². The van der Waals surface area contributed by atoms with Gasteiger partial charge in [-0.15, -0.1) is 5.10 Å². The molecule has 4 N–H and O–H groups in total. The fraction of sp³-hybridized carbons (Fsp3) is 0.308. The van der Waals surface area contributed by atoms with Gasteiger partial charge in [0.15, 0.2) is 0 Å². The summed E-state index contributed by atoms with van der Waals surface area (Å²) in [5, 5.41) is 8.84. The first-order valence-corrected chi connectivity index (χ1v) is 6.39. The molecule has 0 aliphatic carbocycles. The highest BCUT2D eigenvalue weighted by Gasteiger charge is 2.09. The zero-order chi connectivity index (χ0) is 14.4. The second-order valence-electron chi connectivity index (χ2n) is 4.41. The number of nitrogens with two attached hydrogens (primary N) is 1. The lowest BCUT2D eigenvalue weighted by Crippen LogP contribution is -2.28. The van der Waals surface area contributed by atoms with Crippen LogP contribution < -0.4 is 16.0 Å². The number of nitrogens with one attached hydrogen (secondary N) is 2. The summed E-state index contributed by atoms with van der Waals surface area (Å²) in [6, 6.07) is 10.1. The molecule has 0 fully saturated rings. The van der Waals surface area contributed by atoms with Gasteiger partial charge in [0.25, 0.3) is 5.91 Å². The van der Waals surface area contributed by atoms with Gasteiger partial charge in [-0.05, 0) is 18.6 Å². The van der Waals surface area contributed by atoms with Crippen molar-refractivity contribution >= 4 is 17.5 Å². The van der Waals surface area contributed by atoms with E-state index in [0.29, 0.717) is 6.54 Å². The van der Waals surface area contributed by atoms with Gasteiger partial charge in [0.2, 0.25) is 11.8 Å². The van der Waals surface area contributed by atoms with E-state index in [9.17, 15) is 4.79 Å². The van der Waals surface area contributed by atoms with Crippen molar-refractivity contribution in [3.8, 4) is 0 Å². The van der Waals surface area contributed by atoms with Gasteiger partial charge >= 0.3 is 0 Å². The highest BCUT2D eigenvalue weighted by molar-refractivity contribution is 5.90. The number of hydrogen-bond donors (Lipinski definition) is 3. The van der Waals surface area contributed by atoms with E-state index < -0.39 is 0 Å². The minimum absolute atomic E-state index is 0.0685. The number of carbonyl (C=O) groups excluding carboxylic acids is 1. The average Bonchev–Trinajstić information content (AvgIpc) is 2.91. The third kappa shape index (κ3) is 3.71. The summed E-state index contributed by atoms with van der Waals surface area (Å²) in [4.78, 5) is 17.6. The number of para-hydroxylation sites is 1. The van der Waals surface area contributed by atoms with Crippen LogP contribution >= 0.6 is 0 Å². The number of rotatable bonds is 6.